The average molecular weight is 409 g/mol. The number of rotatable bonds is 7. The van der Waals surface area contributed by atoms with Gasteiger partial charge in [-0.15, -0.1) is 6.42 Å². The van der Waals surface area contributed by atoms with E-state index in [4.69, 9.17) is 43.8 Å². The summed E-state index contributed by atoms with van der Waals surface area (Å²) < 4.78 is 28.9. The number of esters is 1. The van der Waals surface area contributed by atoms with Gasteiger partial charge in [-0.3, -0.25) is 0 Å². The highest BCUT2D eigenvalue weighted by Gasteiger charge is 2.13. The van der Waals surface area contributed by atoms with Crippen molar-refractivity contribution < 1.29 is 23.4 Å². The fraction of sp³-hybridized carbons (Fsp3) is 0.150. The number of halogens is 3. The molecule has 0 fully saturated rings. The van der Waals surface area contributed by atoms with Gasteiger partial charge in [0.1, 0.15) is 12.4 Å². The minimum absolute atomic E-state index is 0.0722. The molecule has 0 aliphatic rings. The van der Waals surface area contributed by atoms with Crippen molar-refractivity contribution in [1.29, 1.82) is 0 Å². The number of hydrogen-bond donors (Lipinski definition) is 0. The molecule has 2 aromatic rings. The van der Waals surface area contributed by atoms with Gasteiger partial charge in [0.15, 0.2) is 18.1 Å². The average Bonchev–Trinajstić information content (AvgIpc) is 2.64. The Bertz CT molecular complexity index is 904. The van der Waals surface area contributed by atoms with Gasteiger partial charge in [-0.2, -0.15) is 0 Å². The molecule has 2 rings (SSSR count). The number of carbonyl (C=O) groups is 1. The zero-order valence-electron chi connectivity index (χ0n) is 14.3. The Hall–Kier alpha value is -2.68. The lowest BCUT2D eigenvalue weighted by Crippen LogP contribution is -2.01. The third-order valence-corrected chi connectivity index (χ3v) is 3.98. The molecule has 2 aromatic carbocycles. The van der Waals surface area contributed by atoms with Gasteiger partial charge in [0.25, 0.3) is 0 Å². The van der Waals surface area contributed by atoms with E-state index in [0.29, 0.717) is 22.6 Å². The second-order valence-electron chi connectivity index (χ2n) is 5.20. The van der Waals surface area contributed by atoms with Crippen molar-refractivity contribution in [3.63, 3.8) is 0 Å². The summed E-state index contributed by atoms with van der Waals surface area (Å²) in [5.74, 6) is 1.85. The summed E-state index contributed by atoms with van der Waals surface area (Å²) in [7, 11) is 1.46. The van der Waals surface area contributed by atoms with Crippen molar-refractivity contribution in [3.05, 3.63) is 63.4 Å². The highest BCUT2D eigenvalue weighted by Crippen LogP contribution is 2.37. The monoisotopic (exact) mass is 408 g/mol. The zero-order chi connectivity index (χ0) is 19.8. The Balaban J connectivity index is 2.17. The van der Waals surface area contributed by atoms with Crippen LogP contribution in [0.4, 0.5) is 4.39 Å². The molecule has 0 atom stereocenters. The Morgan fingerprint density at radius 3 is 2.70 bits per heavy atom. The Kier molecular flexibility index (Phi) is 7.54. The van der Waals surface area contributed by atoms with Crippen molar-refractivity contribution in [2.24, 2.45) is 0 Å². The minimum atomic E-state index is -0.575. The molecule has 4 nitrogen and oxygen atoms in total. The van der Waals surface area contributed by atoms with Gasteiger partial charge in [0, 0.05) is 11.6 Å². The SMILES string of the molecule is C#CCOC(=O)/C=C/c1cc(Cl)c(OCc2ccc(F)cc2Cl)c(OC)c1. The molecular formula is C20H15Cl2FO4. The lowest BCUT2D eigenvalue weighted by molar-refractivity contribution is -0.136. The number of carbonyl (C=O) groups excluding carboxylic acids is 1. The van der Waals surface area contributed by atoms with Gasteiger partial charge >= 0.3 is 5.97 Å². The maximum absolute atomic E-state index is 13.1. The summed E-state index contributed by atoms with van der Waals surface area (Å²) in [5, 5.41) is 0.513. The van der Waals surface area contributed by atoms with Gasteiger partial charge in [0.2, 0.25) is 0 Å². The second-order valence-corrected chi connectivity index (χ2v) is 6.02. The molecule has 140 valence electrons. The van der Waals surface area contributed by atoms with Gasteiger partial charge in [0.05, 0.1) is 17.2 Å². The van der Waals surface area contributed by atoms with Crippen LogP contribution in [0.25, 0.3) is 6.08 Å². The normalized spacial score (nSPS) is 10.5. The molecule has 0 unspecified atom stereocenters. The molecule has 0 radical (unpaired) electrons. The Morgan fingerprint density at radius 1 is 1.26 bits per heavy atom. The van der Waals surface area contributed by atoms with E-state index in [9.17, 15) is 9.18 Å². The van der Waals surface area contributed by atoms with Crippen LogP contribution in [0.15, 0.2) is 36.4 Å². The molecule has 0 bridgehead atoms. The van der Waals surface area contributed by atoms with Crippen molar-refractivity contribution in [1.82, 2.24) is 0 Å². The molecule has 0 saturated heterocycles. The van der Waals surface area contributed by atoms with Crippen LogP contribution in [-0.4, -0.2) is 19.7 Å². The standard InChI is InChI=1S/C20H15Cl2FO4/c1-3-8-26-19(24)7-4-13-9-17(22)20(18(10-13)25-2)27-12-14-5-6-15(23)11-16(14)21/h1,4-7,9-11H,8,12H2,2H3/b7-4+. The van der Waals surface area contributed by atoms with Gasteiger partial charge < -0.3 is 14.2 Å². The molecule has 0 aromatic heterocycles. The second kappa shape index (κ2) is 9.86. The molecule has 0 N–H and O–H groups in total. The molecule has 0 aliphatic heterocycles. The number of benzene rings is 2. The maximum Gasteiger partial charge on any atom is 0.331 e. The van der Waals surface area contributed by atoms with E-state index < -0.39 is 11.8 Å². The molecule has 0 amide bonds. The number of methoxy groups -OCH3 is 1. The fourth-order valence-corrected chi connectivity index (χ4v) is 2.59. The van der Waals surface area contributed by atoms with E-state index in [-0.39, 0.29) is 23.3 Å². The predicted molar refractivity (Wildman–Crippen MR) is 103 cm³/mol. The summed E-state index contributed by atoms with van der Waals surface area (Å²) >= 11 is 12.3. The summed E-state index contributed by atoms with van der Waals surface area (Å²) in [4.78, 5) is 11.5. The molecule has 0 heterocycles. The topological polar surface area (TPSA) is 44.8 Å². The van der Waals surface area contributed by atoms with Gasteiger partial charge in [-0.05, 0) is 35.9 Å². The van der Waals surface area contributed by atoms with E-state index >= 15 is 0 Å². The quantitative estimate of drug-likeness (QED) is 0.370. The third-order valence-electron chi connectivity index (χ3n) is 3.35. The van der Waals surface area contributed by atoms with Crippen LogP contribution in [-0.2, 0) is 16.1 Å². The maximum atomic E-state index is 13.1. The number of ether oxygens (including phenoxy) is 3. The van der Waals surface area contributed by atoms with E-state index in [2.05, 4.69) is 5.92 Å². The zero-order valence-corrected chi connectivity index (χ0v) is 15.8. The molecular weight excluding hydrogens is 394 g/mol. The fourth-order valence-electron chi connectivity index (χ4n) is 2.09. The van der Waals surface area contributed by atoms with E-state index in [1.165, 1.54) is 37.5 Å². The first-order valence-electron chi connectivity index (χ1n) is 7.67. The van der Waals surface area contributed by atoms with Crippen LogP contribution in [0.2, 0.25) is 10.0 Å². The van der Waals surface area contributed by atoms with E-state index in [0.717, 1.165) is 0 Å². The van der Waals surface area contributed by atoms with Crippen LogP contribution >= 0.6 is 23.2 Å². The molecule has 0 aliphatic carbocycles. The van der Waals surface area contributed by atoms with Crippen molar-refractivity contribution in [2.45, 2.75) is 6.61 Å². The van der Waals surface area contributed by atoms with Crippen LogP contribution in [0.5, 0.6) is 11.5 Å². The van der Waals surface area contributed by atoms with Crippen LogP contribution in [0, 0.1) is 18.2 Å². The smallest absolute Gasteiger partial charge is 0.331 e. The van der Waals surface area contributed by atoms with Crippen molar-refractivity contribution in [3.8, 4) is 23.8 Å². The molecule has 27 heavy (non-hydrogen) atoms. The minimum Gasteiger partial charge on any atom is -0.493 e. The van der Waals surface area contributed by atoms with Gasteiger partial charge in [-0.25, -0.2) is 9.18 Å². The Morgan fingerprint density at radius 2 is 2.04 bits per heavy atom. The predicted octanol–water partition coefficient (Wildman–Crippen LogP) is 4.91. The lowest BCUT2D eigenvalue weighted by Gasteiger charge is -2.14. The first-order valence-corrected chi connectivity index (χ1v) is 8.42. The summed E-state index contributed by atoms with van der Waals surface area (Å²) in [5.41, 5.74) is 1.19. The van der Waals surface area contributed by atoms with Crippen LogP contribution in [0.1, 0.15) is 11.1 Å². The molecule has 0 saturated carbocycles. The highest BCUT2D eigenvalue weighted by molar-refractivity contribution is 6.32. The van der Waals surface area contributed by atoms with Crippen LogP contribution in [0.3, 0.4) is 0 Å². The highest BCUT2D eigenvalue weighted by atomic mass is 35.5. The first-order chi connectivity index (χ1) is 12.9. The lowest BCUT2D eigenvalue weighted by atomic mass is 10.2. The summed E-state index contributed by atoms with van der Waals surface area (Å²) in [6, 6.07) is 7.24. The van der Waals surface area contributed by atoms with E-state index in [1.54, 1.807) is 12.1 Å². The van der Waals surface area contributed by atoms with Crippen LogP contribution < -0.4 is 9.47 Å². The van der Waals surface area contributed by atoms with Gasteiger partial charge in [-0.1, -0.05) is 35.2 Å². The molecule has 7 heteroatoms. The Labute approximate surface area is 166 Å². The summed E-state index contributed by atoms with van der Waals surface area (Å²) in [6.45, 7) is -0.0330. The summed E-state index contributed by atoms with van der Waals surface area (Å²) in [6.07, 6.45) is 7.75. The van der Waals surface area contributed by atoms with E-state index in [1.807, 2.05) is 0 Å². The van der Waals surface area contributed by atoms with Crippen molar-refractivity contribution >= 4 is 35.2 Å². The first kappa shape index (κ1) is 20.6. The largest absolute Gasteiger partial charge is 0.493 e. The number of hydrogen-bond acceptors (Lipinski definition) is 4. The molecule has 0 spiro atoms. The number of terminal acetylenes is 1. The third kappa shape index (κ3) is 5.92. The van der Waals surface area contributed by atoms with Crippen molar-refractivity contribution in [2.75, 3.05) is 13.7 Å².